The van der Waals surface area contributed by atoms with E-state index in [0.717, 1.165) is 18.6 Å². The smallest absolute Gasteiger partial charge is 0.0576 e. The molecule has 2 rings (SSSR count). The van der Waals surface area contributed by atoms with Crippen molar-refractivity contribution in [3.63, 3.8) is 0 Å². The van der Waals surface area contributed by atoms with E-state index >= 15 is 0 Å². The van der Waals surface area contributed by atoms with E-state index < -0.39 is 0 Å². The monoisotopic (exact) mass is 167 g/mol. The fourth-order valence-corrected chi connectivity index (χ4v) is 2.83. The van der Waals surface area contributed by atoms with Crippen LogP contribution in [-0.4, -0.2) is 10.9 Å². The molecule has 2 heteroatoms. The summed E-state index contributed by atoms with van der Waals surface area (Å²) in [5.41, 5.74) is 1.59. The highest BCUT2D eigenvalue weighted by Crippen LogP contribution is 2.47. The van der Waals surface area contributed by atoms with Gasteiger partial charge in [-0.3, -0.25) is 0 Å². The third kappa shape index (κ3) is 1.35. The van der Waals surface area contributed by atoms with Crippen LogP contribution >= 0.6 is 0 Å². The van der Waals surface area contributed by atoms with Crippen molar-refractivity contribution < 1.29 is 5.21 Å². The lowest BCUT2D eigenvalue weighted by Gasteiger charge is -2.32. The van der Waals surface area contributed by atoms with Crippen molar-refractivity contribution >= 4 is 5.71 Å². The van der Waals surface area contributed by atoms with Crippen molar-refractivity contribution in [1.82, 2.24) is 0 Å². The Bertz CT molecular complexity index is 192. The lowest BCUT2D eigenvalue weighted by atomic mass is 9.73. The summed E-state index contributed by atoms with van der Waals surface area (Å²) in [4.78, 5) is 0. The van der Waals surface area contributed by atoms with Crippen molar-refractivity contribution in [2.45, 2.75) is 51.4 Å². The van der Waals surface area contributed by atoms with Crippen LogP contribution < -0.4 is 0 Å². The van der Waals surface area contributed by atoms with Crippen LogP contribution in [0.5, 0.6) is 0 Å². The van der Waals surface area contributed by atoms with Gasteiger partial charge in [0.15, 0.2) is 0 Å². The molecule has 0 unspecified atom stereocenters. The topological polar surface area (TPSA) is 32.6 Å². The predicted molar refractivity (Wildman–Crippen MR) is 48.6 cm³/mol. The molecule has 2 saturated carbocycles. The minimum Gasteiger partial charge on any atom is -0.411 e. The van der Waals surface area contributed by atoms with Gasteiger partial charge in [0.05, 0.1) is 5.71 Å². The molecule has 68 valence electrons. The first-order valence-electron chi connectivity index (χ1n) is 5.04. The number of hydrogen-bond donors (Lipinski definition) is 1. The molecule has 0 radical (unpaired) electrons. The highest BCUT2D eigenvalue weighted by molar-refractivity contribution is 5.86. The molecule has 12 heavy (non-hydrogen) atoms. The SMILES string of the molecule is O/N=C1/CCC2(CCCCC2)C1. The summed E-state index contributed by atoms with van der Waals surface area (Å²) >= 11 is 0. The molecular formula is C10H17NO. The zero-order valence-corrected chi connectivity index (χ0v) is 7.55. The largest absolute Gasteiger partial charge is 0.411 e. The Morgan fingerprint density at radius 1 is 1.08 bits per heavy atom. The van der Waals surface area contributed by atoms with E-state index in [2.05, 4.69) is 5.16 Å². The van der Waals surface area contributed by atoms with Crippen LogP contribution in [-0.2, 0) is 0 Å². The highest BCUT2D eigenvalue weighted by Gasteiger charge is 2.37. The molecule has 2 aliphatic rings. The molecule has 0 aromatic carbocycles. The van der Waals surface area contributed by atoms with Crippen LogP contribution in [0.25, 0.3) is 0 Å². The van der Waals surface area contributed by atoms with Gasteiger partial charge in [0, 0.05) is 0 Å². The molecule has 2 nitrogen and oxygen atoms in total. The quantitative estimate of drug-likeness (QED) is 0.436. The van der Waals surface area contributed by atoms with E-state index in [1.54, 1.807) is 0 Å². The molecule has 0 saturated heterocycles. The summed E-state index contributed by atoms with van der Waals surface area (Å²) in [6.45, 7) is 0. The van der Waals surface area contributed by atoms with Gasteiger partial charge in [-0.15, -0.1) is 0 Å². The first-order chi connectivity index (χ1) is 5.85. The third-order valence-corrected chi connectivity index (χ3v) is 3.58. The summed E-state index contributed by atoms with van der Waals surface area (Å²) in [5.74, 6) is 0. The minimum absolute atomic E-state index is 0.555. The summed E-state index contributed by atoms with van der Waals surface area (Å²) in [5, 5.41) is 12.0. The van der Waals surface area contributed by atoms with Crippen LogP contribution in [0, 0.1) is 5.41 Å². The molecule has 1 spiro atoms. The third-order valence-electron chi connectivity index (χ3n) is 3.58. The average molecular weight is 167 g/mol. The van der Waals surface area contributed by atoms with Gasteiger partial charge in [0.2, 0.25) is 0 Å². The second kappa shape index (κ2) is 3.08. The second-order valence-corrected chi connectivity index (χ2v) is 4.40. The number of nitrogens with zero attached hydrogens (tertiary/aromatic N) is 1. The lowest BCUT2D eigenvalue weighted by Crippen LogP contribution is -2.20. The Morgan fingerprint density at radius 3 is 2.42 bits per heavy atom. The summed E-state index contributed by atoms with van der Waals surface area (Å²) in [6, 6.07) is 0. The van der Waals surface area contributed by atoms with Crippen molar-refractivity contribution in [2.24, 2.45) is 10.6 Å². The first-order valence-corrected chi connectivity index (χ1v) is 5.04. The lowest BCUT2D eigenvalue weighted by molar-refractivity contribution is 0.203. The predicted octanol–water partition coefficient (Wildman–Crippen LogP) is 2.95. The normalized spacial score (nSPS) is 31.5. The van der Waals surface area contributed by atoms with Crippen LogP contribution in [0.3, 0.4) is 0 Å². The van der Waals surface area contributed by atoms with Crippen molar-refractivity contribution in [2.75, 3.05) is 0 Å². The summed E-state index contributed by atoms with van der Waals surface area (Å²) < 4.78 is 0. The molecule has 0 aliphatic heterocycles. The van der Waals surface area contributed by atoms with Crippen molar-refractivity contribution in [3.05, 3.63) is 0 Å². The van der Waals surface area contributed by atoms with Gasteiger partial charge in [0.1, 0.15) is 0 Å². The van der Waals surface area contributed by atoms with Crippen LogP contribution in [0.4, 0.5) is 0 Å². The van der Waals surface area contributed by atoms with Crippen molar-refractivity contribution in [1.29, 1.82) is 0 Å². The fraction of sp³-hybridized carbons (Fsp3) is 0.900. The Kier molecular flexibility index (Phi) is 2.07. The summed E-state index contributed by atoms with van der Waals surface area (Å²) in [6.07, 6.45) is 10.3. The van der Waals surface area contributed by atoms with E-state index in [1.807, 2.05) is 0 Å². The van der Waals surface area contributed by atoms with Gasteiger partial charge in [0.25, 0.3) is 0 Å². The maximum atomic E-state index is 8.67. The summed E-state index contributed by atoms with van der Waals surface area (Å²) in [7, 11) is 0. The molecule has 0 heterocycles. The Balaban J connectivity index is 2.03. The molecular weight excluding hydrogens is 150 g/mol. The van der Waals surface area contributed by atoms with Crippen molar-refractivity contribution in [3.8, 4) is 0 Å². The van der Waals surface area contributed by atoms with Gasteiger partial charge >= 0.3 is 0 Å². The zero-order valence-electron chi connectivity index (χ0n) is 7.55. The molecule has 0 aromatic heterocycles. The molecule has 2 aliphatic carbocycles. The Morgan fingerprint density at radius 2 is 1.83 bits per heavy atom. The molecule has 0 atom stereocenters. The molecule has 2 fully saturated rings. The van der Waals surface area contributed by atoms with Gasteiger partial charge in [-0.25, -0.2) is 0 Å². The van der Waals surface area contributed by atoms with E-state index in [9.17, 15) is 0 Å². The average Bonchev–Trinajstić information content (AvgIpc) is 2.50. The van der Waals surface area contributed by atoms with Gasteiger partial charge in [-0.2, -0.15) is 0 Å². The van der Waals surface area contributed by atoms with Gasteiger partial charge < -0.3 is 5.21 Å². The van der Waals surface area contributed by atoms with E-state index in [-0.39, 0.29) is 0 Å². The Labute approximate surface area is 73.7 Å². The number of oxime groups is 1. The highest BCUT2D eigenvalue weighted by atomic mass is 16.4. The van der Waals surface area contributed by atoms with E-state index in [0.29, 0.717) is 5.41 Å². The maximum absolute atomic E-state index is 8.67. The fourth-order valence-electron chi connectivity index (χ4n) is 2.83. The second-order valence-electron chi connectivity index (χ2n) is 4.40. The van der Waals surface area contributed by atoms with Gasteiger partial charge in [-0.05, 0) is 37.5 Å². The minimum atomic E-state index is 0.555. The van der Waals surface area contributed by atoms with Crippen LogP contribution in [0.1, 0.15) is 51.4 Å². The van der Waals surface area contributed by atoms with E-state index in [4.69, 9.17) is 5.21 Å². The first kappa shape index (κ1) is 8.09. The molecule has 1 N–H and O–H groups in total. The molecule has 0 amide bonds. The standard InChI is InChI=1S/C10H17NO/c12-11-9-4-7-10(8-9)5-2-1-3-6-10/h12H,1-8H2/b11-9-. The van der Waals surface area contributed by atoms with E-state index in [1.165, 1.54) is 38.5 Å². The van der Waals surface area contributed by atoms with Crippen LogP contribution in [0.2, 0.25) is 0 Å². The van der Waals surface area contributed by atoms with Gasteiger partial charge in [-0.1, -0.05) is 24.4 Å². The Hall–Kier alpha value is -0.530. The molecule has 0 aromatic rings. The maximum Gasteiger partial charge on any atom is 0.0576 e. The number of hydrogen-bond acceptors (Lipinski definition) is 2. The molecule has 0 bridgehead atoms. The number of rotatable bonds is 0. The van der Waals surface area contributed by atoms with Crippen LogP contribution in [0.15, 0.2) is 5.16 Å². The zero-order chi connectivity index (χ0) is 8.44.